The molecule has 7 heteroatoms. The van der Waals surface area contributed by atoms with Crippen LogP contribution in [0.2, 0.25) is 0 Å². The van der Waals surface area contributed by atoms with Gasteiger partial charge in [-0.25, -0.2) is 13.4 Å². The summed E-state index contributed by atoms with van der Waals surface area (Å²) in [5, 5.41) is -0.493. The molecule has 0 bridgehead atoms. The molecule has 1 aliphatic heterocycles. The Labute approximate surface area is 112 Å². The average molecular weight is 287 g/mol. The second-order valence-corrected chi connectivity index (χ2v) is 7.68. The molecular weight excluding hydrogens is 270 g/mol. The topological polar surface area (TPSA) is 76.3 Å². The van der Waals surface area contributed by atoms with Crippen LogP contribution in [0.25, 0.3) is 0 Å². The number of hydrogen-bond acceptors (Lipinski definition) is 6. The van der Waals surface area contributed by atoms with Gasteiger partial charge in [0, 0.05) is 30.0 Å². The van der Waals surface area contributed by atoms with Crippen LogP contribution in [-0.4, -0.2) is 42.6 Å². The minimum absolute atomic E-state index is 0.148. The summed E-state index contributed by atoms with van der Waals surface area (Å²) in [6.45, 7) is 2.36. The molecule has 1 fully saturated rings. The summed E-state index contributed by atoms with van der Waals surface area (Å²) in [5.41, 5.74) is 6.57. The lowest BCUT2D eigenvalue weighted by Gasteiger charge is -2.36. The molecule has 1 aromatic heterocycles. The van der Waals surface area contributed by atoms with Crippen LogP contribution in [0.1, 0.15) is 6.92 Å². The van der Waals surface area contributed by atoms with Crippen LogP contribution in [0.3, 0.4) is 0 Å². The third kappa shape index (κ3) is 2.56. The van der Waals surface area contributed by atoms with Gasteiger partial charge < -0.3 is 10.6 Å². The molecule has 1 atom stereocenters. The summed E-state index contributed by atoms with van der Waals surface area (Å²) in [4.78, 5) is 5.90. The summed E-state index contributed by atoms with van der Waals surface area (Å²) in [7, 11) is -3.11. The van der Waals surface area contributed by atoms with Crippen LogP contribution in [0.15, 0.2) is 18.3 Å². The number of aromatic nitrogens is 1. The molecule has 1 saturated heterocycles. The molecule has 1 aromatic rings. The SMILES string of the molecule is CCS(=O)(=O)C1CSCCN1c1cccnc1N. The Hall–Kier alpha value is -0.950. The molecule has 0 amide bonds. The molecule has 2 heterocycles. The van der Waals surface area contributed by atoms with Gasteiger partial charge in [-0.2, -0.15) is 11.8 Å². The van der Waals surface area contributed by atoms with Gasteiger partial charge in [-0.1, -0.05) is 6.92 Å². The van der Waals surface area contributed by atoms with Crippen molar-refractivity contribution in [2.75, 3.05) is 34.4 Å². The largest absolute Gasteiger partial charge is 0.382 e. The van der Waals surface area contributed by atoms with Crippen LogP contribution in [0, 0.1) is 0 Å². The van der Waals surface area contributed by atoms with Crippen LogP contribution >= 0.6 is 11.8 Å². The Balaban J connectivity index is 2.38. The summed E-state index contributed by atoms with van der Waals surface area (Å²) < 4.78 is 24.3. The van der Waals surface area contributed by atoms with Crippen LogP contribution in [-0.2, 0) is 9.84 Å². The zero-order valence-electron chi connectivity index (χ0n) is 10.2. The van der Waals surface area contributed by atoms with Crippen LogP contribution < -0.4 is 10.6 Å². The number of anilines is 2. The Morgan fingerprint density at radius 3 is 3.06 bits per heavy atom. The van der Waals surface area contributed by atoms with E-state index in [2.05, 4.69) is 4.98 Å². The summed E-state index contributed by atoms with van der Waals surface area (Å²) >= 11 is 1.67. The van der Waals surface area contributed by atoms with Gasteiger partial charge in [-0.15, -0.1) is 0 Å². The predicted octanol–water partition coefficient (Wildman–Crippen LogP) is 0.978. The van der Waals surface area contributed by atoms with Crippen molar-refractivity contribution in [2.45, 2.75) is 12.3 Å². The Kier molecular flexibility index (Phi) is 4.01. The van der Waals surface area contributed by atoms with Crippen molar-refractivity contribution in [3.63, 3.8) is 0 Å². The first-order valence-electron chi connectivity index (χ1n) is 5.82. The maximum absolute atomic E-state index is 12.1. The fourth-order valence-corrected chi connectivity index (χ4v) is 4.98. The van der Waals surface area contributed by atoms with E-state index in [1.54, 1.807) is 30.9 Å². The number of rotatable bonds is 3. The van der Waals surface area contributed by atoms with E-state index >= 15 is 0 Å². The van der Waals surface area contributed by atoms with E-state index in [0.29, 0.717) is 18.1 Å². The maximum atomic E-state index is 12.1. The van der Waals surface area contributed by atoms with Gasteiger partial charge in [0.1, 0.15) is 11.2 Å². The fraction of sp³-hybridized carbons (Fsp3) is 0.545. The normalized spacial score (nSPS) is 20.9. The average Bonchev–Trinajstić information content (AvgIpc) is 2.39. The van der Waals surface area contributed by atoms with Gasteiger partial charge in [0.15, 0.2) is 9.84 Å². The summed E-state index contributed by atoms with van der Waals surface area (Å²) in [6, 6.07) is 3.61. The lowest BCUT2D eigenvalue weighted by molar-refractivity contribution is 0.579. The number of hydrogen-bond donors (Lipinski definition) is 1. The first-order chi connectivity index (χ1) is 8.56. The van der Waals surface area contributed by atoms with Crippen molar-refractivity contribution >= 4 is 33.1 Å². The molecule has 0 spiro atoms. The minimum atomic E-state index is -3.11. The molecule has 5 nitrogen and oxygen atoms in total. The molecular formula is C11H17N3O2S2. The molecule has 18 heavy (non-hydrogen) atoms. The number of nitrogens with two attached hydrogens (primary N) is 1. The third-order valence-electron chi connectivity index (χ3n) is 3.03. The Morgan fingerprint density at radius 2 is 2.39 bits per heavy atom. The van der Waals surface area contributed by atoms with E-state index in [1.165, 1.54) is 0 Å². The highest BCUT2D eigenvalue weighted by molar-refractivity contribution is 8.01. The highest BCUT2D eigenvalue weighted by Gasteiger charge is 2.33. The van der Waals surface area contributed by atoms with Crippen molar-refractivity contribution in [2.24, 2.45) is 0 Å². The second kappa shape index (κ2) is 5.36. The minimum Gasteiger partial charge on any atom is -0.382 e. The molecule has 1 aliphatic rings. The molecule has 2 N–H and O–H groups in total. The third-order valence-corrected chi connectivity index (χ3v) is 6.32. The number of nitrogens with zero attached hydrogens (tertiary/aromatic N) is 2. The van der Waals surface area contributed by atoms with Gasteiger partial charge in [-0.3, -0.25) is 0 Å². The monoisotopic (exact) mass is 287 g/mol. The van der Waals surface area contributed by atoms with Crippen LogP contribution in [0.5, 0.6) is 0 Å². The van der Waals surface area contributed by atoms with Gasteiger partial charge in [0.05, 0.1) is 5.69 Å². The second-order valence-electron chi connectivity index (χ2n) is 4.08. The number of sulfone groups is 1. The highest BCUT2D eigenvalue weighted by atomic mass is 32.2. The van der Waals surface area contributed by atoms with Crippen molar-refractivity contribution in [3.05, 3.63) is 18.3 Å². The smallest absolute Gasteiger partial charge is 0.171 e. The summed E-state index contributed by atoms with van der Waals surface area (Å²) in [6.07, 6.45) is 1.61. The fourth-order valence-electron chi connectivity index (χ4n) is 2.00. The van der Waals surface area contributed by atoms with E-state index in [-0.39, 0.29) is 5.75 Å². The van der Waals surface area contributed by atoms with Gasteiger partial charge in [-0.05, 0) is 12.1 Å². The Morgan fingerprint density at radius 1 is 1.61 bits per heavy atom. The van der Waals surface area contributed by atoms with E-state index in [0.717, 1.165) is 11.4 Å². The molecule has 0 saturated carbocycles. The van der Waals surface area contributed by atoms with Crippen molar-refractivity contribution in [1.82, 2.24) is 4.98 Å². The molecule has 100 valence electrons. The number of thioether (sulfide) groups is 1. The summed E-state index contributed by atoms with van der Waals surface area (Å²) in [5.74, 6) is 2.03. The Bertz CT molecular complexity index is 519. The first kappa shape index (κ1) is 13.5. The molecule has 0 aliphatic carbocycles. The van der Waals surface area contributed by atoms with Gasteiger partial charge in [0.25, 0.3) is 0 Å². The number of pyridine rings is 1. The van der Waals surface area contributed by atoms with E-state index in [1.807, 2.05) is 11.0 Å². The predicted molar refractivity (Wildman–Crippen MR) is 76.6 cm³/mol. The van der Waals surface area contributed by atoms with Crippen LogP contribution in [0.4, 0.5) is 11.5 Å². The first-order valence-corrected chi connectivity index (χ1v) is 8.69. The van der Waals surface area contributed by atoms with E-state index < -0.39 is 15.2 Å². The lowest BCUT2D eigenvalue weighted by atomic mass is 10.3. The van der Waals surface area contributed by atoms with E-state index in [9.17, 15) is 8.42 Å². The van der Waals surface area contributed by atoms with Crippen molar-refractivity contribution in [3.8, 4) is 0 Å². The molecule has 0 radical (unpaired) electrons. The lowest BCUT2D eigenvalue weighted by Crippen LogP contribution is -2.48. The molecule has 2 rings (SSSR count). The zero-order valence-corrected chi connectivity index (χ0v) is 11.9. The quantitative estimate of drug-likeness (QED) is 0.893. The van der Waals surface area contributed by atoms with Gasteiger partial charge >= 0.3 is 0 Å². The standard InChI is InChI=1S/C11H17N3O2S2/c1-2-18(15,16)10-8-17-7-6-14(10)9-4-3-5-13-11(9)12/h3-5,10H,2,6-8H2,1H3,(H2,12,13). The van der Waals surface area contributed by atoms with Crippen molar-refractivity contribution in [1.29, 1.82) is 0 Å². The molecule has 0 aromatic carbocycles. The van der Waals surface area contributed by atoms with E-state index in [4.69, 9.17) is 5.73 Å². The number of nitrogen functional groups attached to an aromatic ring is 1. The zero-order chi connectivity index (χ0) is 13.2. The van der Waals surface area contributed by atoms with Crippen molar-refractivity contribution < 1.29 is 8.42 Å². The highest BCUT2D eigenvalue weighted by Crippen LogP contribution is 2.29. The molecule has 1 unspecified atom stereocenters. The maximum Gasteiger partial charge on any atom is 0.171 e. The van der Waals surface area contributed by atoms with Gasteiger partial charge in [0.2, 0.25) is 0 Å².